The largest absolute Gasteiger partial charge is 0.329 e. The van der Waals surface area contributed by atoms with E-state index in [9.17, 15) is 0 Å². The third kappa shape index (κ3) is 1.17. The highest BCUT2D eigenvalue weighted by Gasteiger charge is 2.12. The molecule has 0 aliphatic rings. The molecule has 0 bridgehead atoms. The van der Waals surface area contributed by atoms with Crippen molar-refractivity contribution in [3.63, 3.8) is 0 Å². The second-order valence-corrected chi connectivity index (χ2v) is 3.90. The van der Waals surface area contributed by atoms with Gasteiger partial charge in [-0.1, -0.05) is 12.1 Å². The number of rotatable bonds is 1. The lowest BCUT2D eigenvalue weighted by Gasteiger charge is -2.01. The number of nitrogens with zero attached hydrogens (tertiary/aromatic N) is 4. The summed E-state index contributed by atoms with van der Waals surface area (Å²) in [7, 11) is 0. The molecule has 0 unspecified atom stereocenters. The van der Waals surface area contributed by atoms with Crippen LogP contribution < -0.4 is 0 Å². The molecule has 0 fully saturated rings. The lowest BCUT2D eigenvalue weighted by molar-refractivity contribution is 0.315. The minimum Gasteiger partial charge on any atom is -0.329 e. The molecule has 0 amide bonds. The van der Waals surface area contributed by atoms with Gasteiger partial charge in [0, 0.05) is 17.3 Å². The zero-order chi connectivity index (χ0) is 11.9. The number of aromatic amines is 1. The summed E-state index contributed by atoms with van der Waals surface area (Å²) in [5, 5.41) is 7.78. The summed E-state index contributed by atoms with van der Waals surface area (Å²) in [5.41, 5.74) is 4.92. The number of hydrogen-bond donors (Lipinski definition) is 1. The molecule has 0 saturated heterocycles. The van der Waals surface area contributed by atoms with Gasteiger partial charge >= 0.3 is 0 Å². The molecule has 0 aliphatic heterocycles. The Morgan fingerprint density at radius 3 is 2.89 bits per heavy atom. The summed E-state index contributed by atoms with van der Waals surface area (Å²) in [6, 6.07) is 7.65. The van der Waals surface area contributed by atoms with Crippen LogP contribution in [0.15, 0.2) is 41.4 Å². The van der Waals surface area contributed by atoms with Crippen LogP contribution in [0.3, 0.4) is 0 Å². The van der Waals surface area contributed by atoms with Gasteiger partial charge in [-0.15, -0.1) is 0 Å². The number of pyridine rings is 1. The van der Waals surface area contributed by atoms with E-state index in [1.54, 1.807) is 12.5 Å². The van der Waals surface area contributed by atoms with Crippen LogP contribution in [0.5, 0.6) is 0 Å². The van der Waals surface area contributed by atoms with E-state index in [0.29, 0.717) is 0 Å². The maximum Gasteiger partial charge on any atom is 0.157 e. The van der Waals surface area contributed by atoms with E-state index in [4.69, 9.17) is 4.63 Å². The van der Waals surface area contributed by atoms with Crippen molar-refractivity contribution in [3.8, 4) is 11.1 Å². The Kier molecular flexibility index (Phi) is 1.74. The molecule has 86 valence electrons. The molecule has 0 saturated carbocycles. The van der Waals surface area contributed by atoms with E-state index in [-0.39, 0.29) is 0 Å². The Balaban J connectivity index is 2.13. The summed E-state index contributed by atoms with van der Waals surface area (Å²) in [6.45, 7) is 0. The molecule has 6 nitrogen and oxygen atoms in total. The summed E-state index contributed by atoms with van der Waals surface area (Å²) < 4.78 is 4.78. The summed E-state index contributed by atoms with van der Waals surface area (Å²) in [5.74, 6) is 0. The second kappa shape index (κ2) is 3.36. The number of H-pyrrole nitrogens is 1. The number of imidazole rings is 1. The Bertz CT molecular complexity index is 776. The molecule has 3 heterocycles. The van der Waals surface area contributed by atoms with Gasteiger partial charge in [-0.05, 0) is 22.4 Å². The van der Waals surface area contributed by atoms with Crippen molar-refractivity contribution >= 4 is 22.2 Å². The Labute approximate surface area is 101 Å². The molecule has 18 heavy (non-hydrogen) atoms. The zero-order valence-corrected chi connectivity index (χ0v) is 9.16. The minimum absolute atomic E-state index is 0.730. The average Bonchev–Trinajstić information content (AvgIpc) is 3.06. The van der Waals surface area contributed by atoms with Crippen LogP contribution in [0.4, 0.5) is 0 Å². The number of fused-ring (bicyclic) bond motifs is 2. The van der Waals surface area contributed by atoms with Crippen molar-refractivity contribution in [1.29, 1.82) is 0 Å². The van der Waals surface area contributed by atoms with Crippen molar-refractivity contribution in [3.05, 3.63) is 36.8 Å². The van der Waals surface area contributed by atoms with E-state index < -0.39 is 0 Å². The molecule has 4 aromatic rings. The maximum absolute atomic E-state index is 4.78. The van der Waals surface area contributed by atoms with E-state index in [0.717, 1.165) is 33.3 Å². The summed E-state index contributed by atoms with van der Waals surface area (Å²) in [4.78, 5) is 11.5. The van der Waals surface area contributed by atoms with Crippen LogP contribution in [-0.4, -0.2) is 25.3 Å². The van der Waals surface area contributed by atoms with Gasteiger partial charge in [-0.3, -0.25) is 0 Å². The van der Waals surface area contributed by atoms with Crippen molar-refractivity contribution in [2.45, 2.75) is 0 Å². The fourth-order valence-electron chi connectivity index (χ4n) is 2.09. The number of nitrogens with one attached hydrogen (secondary N) is 1. The number of aromatic nitrogens is 5. The monoisotopic (exact) mass is 237 g/mol. The first-order valence-corrected chi connectivity index (χ1v) is 5.43. The molecule has 1 aromatic carbocycles. The SMILES string of the molecule is c1cc(-c2ccnc3[nH]cnc23)c2nonc2c1. The fourth-order valence-corrected chi connectivity index (χ4v) is 2.09. The first-order chi connectivity index (χ1) is 8.93. The highest BCUT2D eigenvalue weighted by Crippen LogP contribution is 2.30. The normalized spacial score (nSPS) is 11.3. The lowest BCUT2D eigenvalue weighted by Crippen LogP contribution is -1.85. The second-order valence-electron chi connectivity index (χ2n) is 3.90. The van der Waals surface area contributed by atoms with E-state index in [1.807, 2.05) is 24.3 Å². The quantitative estimate of drug-likeness (QED) is 0.548. The van der Waals surface area contributed by atoms with Gasteiger partial charge in [0.2, 0.25) is 0 Å². The van der Waals surface area contributed by atoms with Crippen LogP contribution in [0.1, 0.15) is 0 Å². The molecular weight excluding hydrogens is 230 g/mol. The molecule has 0 spiro atoms. The van der Waals surface area contributed by atoms with Crippen LogP contribution >= 0.6 is 0 Å². The summed E-state index contributed by atoms with van der Waals surface area (Å²) in [6.07, 6.45) is 3.37. The van der Waals surface area contributed by atoms with Gasteiger partial charge in [0.05, 0.1) is 6.33 Å². The minimum atomic E-state index is 0.730. The predicted molar refractivity (Wildman–Crippen MR) is 64.7 cm³/mol. The smallest absolute Gasteiger partial charge is 0.157 e. The predicted octanol–water partition coefficient (Wildman–Crippen LogP) is 2.16. The van der Waals surface area contributed by atoms with Gasteiger partial charge in [-0.25, -0.2) is 14.6 Å². The number of benzene rings is 1. The molecule has 0 radical (unpaired) electrons. The van der Waals surface area contributed by atoms with Gasteiger partial charge in [-0.2, -0.15) is 0 Å². The third-order valence-electron chi connectivity index (χ3n) is 2.90. The highest BCUT2D eigenvalue weighted by molar-refractivity contribution is 5.99. The average molecular weight is 237 g/mol. The van der Waals surface area contributed by atoms with Crippen LogP contribution in [0.2, 0.25) is 0 Å². The van der Waals surface area contributed by atoms with E-state index in [2.05, 4.69) is 25.3 Å². The molecule has 1 N–H and O–H groups in total. The van der Waals surface area contributed by atoms with Crippen LogP contribution in [-0.2, 0) is 0 Å². The van der Waals surface area contributed by atoms with Gasteiger partial charge in [0.1, 0.15) is 16.6 Å². The Morgan fingerprint density at radius 2 is 1.89 bits per heavy atom. The van der Waals surface area contributed by atoms with Crippen LogP contribution in [0, 0.1) is 0 Å². The first kappa shape index (κ1) is 9.29. The van der Waals surface area contributed by atoms with Gasteiger partial charge in [0.15, 0.2) is 5.65 Å². The standard InChI is InChI=1S/C12H7N5O/c1-2-7(10-9(3-1)16-18-17-10)8-4-5-13-12-11(8)14-6-15-12/h1-6H,(H,13,14,15). The first-order valence-electron chi connectivity index (χ1n) is 5.43. The molecule has 6 heteroatoms. The Morgan fingerprint density at radius 1 is 0.944 bits per heavy atom. The van der Waals surface area contributed by atoms with Crippen LogP contribution in [0.25, 0.3) is 33.3 Å². The molecular formula is C12H7N5O. The number of hydrogen-bond acceptors (Lipinski definition) is 5. The van der Waals surface area contributed by atoms with Crippen molar-refractivity contribution in [2.24, 2.45) is 0 Å². The van der Waals surface area contributed by atoms with Gasteiger partial charge < -0.3 is 4.98 Å². The van der Waals surface area contributed by atoms with Gasteiger partial charge in [0.25, 0.3) is 0 Å². The molecule has 0 aliphatic carbocycles. The van der Waals surface area contributed by atoms with E-state index >= 15 is 0 Å². The molecule has 3 aromatic heterocycles. The van der Waals surface area contributed by atoms with Crippen molar-refractivity contribution in [2.75, 3.05) is 0 Å². The lowest BCUT2D eigenvalue weighted by atomic mass is 10.0. The molecule has 4 rings (SSSR count). The summed E-state index contributed by atoms with van der Waals surface area (Å²) >= 11 is 0. The Hall–Kier alpha value is -2.76. The molecule has 0 atom stereocenters. The van der Waals surface area contributed by atoms with Crippen molar-refractivity contribution in [1.82, 2.24) is 25.3 Å². The van der Waals surface area contributed by atoms with E-state index in [1.165, 1.54) is 0 Å². The fraction of sp³-hybridized carbons (Fsp3) is 0. The topological polar surface area (TPSA) is 80.5 Å². The van der Waals surface area contributed by atoms with Crippen molar-refractivity contribution < 1.29 is 4.63 Å². The third-order valence-corrected chi connectivity index (χ3v) is 2.90. The highest BCUT2D eigenvalue weighted by atomic mass is 16.6. The maximum atomic E-state index is 4.78. The zero-order valence-electron chi connectivity index (χ0n) is 9.16.